The number of rotatable bonds is 5. The predicted octanol–water partition coefficient (Wildman–Crippen LogP) is 3.37. The Labute approximate surface area is 107 Å². The molecule has 0 aromatic carbocycles. The van der Waals surface area contributed by atoms with E-state index in [4.69, 9.17) is 0 Å². The average Bonchev–Trinajstić information content (AvgIpc) is 2.40. The van der Waals surface area contributed by atoms with Crippen molar-refractivity contribution in [2.24, 2.45) is 5.92 Å². The van der Waals surface area contributed by atoms with Crippen LogP contribution in [0.3, 0.4) is 0 Å². The summed E-state index contributed by atoms with van der Waals surface area (Å²) in [7, 11) is 0. The Morgan fingerprint density at radius 1 is 1.39 bits per heavy atom. The molecule has 1 N–H and O–H groups in total. The van der Waals surface area contributed by atoms with Gasteiger partial charge in [0.15, 0.2) is 0 Å². The minimum atomic E-state index is -0.395. The van der Waals surface area contributed by atoms with E-state index in [9.17, 15) is 10.1 Å². The first-order chi connectivity index (χ1) is 8.75. The summed E-state index contributed by atoms with van der Waals surface area (Å²) >= 11 is 0. The molecule has 0 unspecified atom stereocenters. The summed E-state index contributed by atoms with van der Waals surface area (Å²) in [5, 5.41) is 13.8. The van der Waals surface area contributed by atoms with E-state index in [1.54, 1.807) is 0 Å². The van der Waals surface area contributed by atoms with Crippen LogP contribution in [0.15, 0.2) is 18.3 Å². The molecule has 0 aliphatic heterocycles. The molecular formula is C13H19N3O2. The van der Waals surface area contributed by atoms with Gasteiger partial charge in [-0.05, 0) is 12.3 Å². The lowest BCUT2D eigenvalue weighted by molar-refractivity contribution is -0.384. The summed E-state index contributed by atoms with van der Waals surface area (Å²) in [6, 6.07) is 2.90. The van der Waals surface area contributed by atoms with Crippen molar-refractivity contribution in [1.82, 2.24) is 4.98 Å². The summed E-state index contributed by atoms with van der Waals surface area (Å²) in [5.41, 5.74) is 0.0881. The molecule has 1 heterocycles. The normalized spacial score (nSPS) is 16.4. The van der Waals surface area contributed by atoms with E-state index in [-0.39, 0.29) is 5.69 Å². The van der Waals surface area contributed by atoms with Crippen LogP contribution in [0, 0.1) is 16.0 Å². The summed E-state index contributed by atoms with van der Waals surface area (Å²) in [5.74, 6) is 1.41. The van der Waals surface area contributed by atoms with E-state index in [0.29, 0.717) is 5.82 Å². The standard InChI is InChI=1S/C13H19N3O2/c17-16(18)12-7-9-15-13(10-12)14-8-6-11-4-2-1-3-5-11/h7,9-11H,1-6,8H2,(H,14,15). The topological polar surface area (TPSA) is 68.1 Å². The molecule has 0 amide bonds. The SMILES string of the molecule is O=[N+]([O-])c1ccnc(NCCC2CCCCC2)c1. The smallest absolute Gasteiger partial charge is 0.274 e. The van der Waals surface area contributed by atoms with Crippen LogP contribution in [0.4, 0.5) is 11.5 Å². The first-order valence-corrected chi connectivity index (χ1v) is 6.60. The second-order valence-corrected chi connectivity index (χ2v) is 4.88. The van der Waals surface area contributed by atoms with Gasteiger partial charge in [-0.15, -0.1) is 0 Å². The van der Waals surface area contributed by atoms with Crippen molar-refractivity contribution in [3.05, 3.63) is 28.4 Å². The number of hydrogen-bond donors (Lipinski definition) is 1. The molecule has 1 aromatic heterocycles. The van der Waals surface area contributed by atoms with Crippen molar-refractivity contribution in [3.63, 3.8) is 0 Å². The van der Waals surface area contributed by atoms with Crippen LogP contribution in [0.1, 0.15) is 38.5 Å². The lowest BCUT2D eigenvalue weighted by Crippen LogP contribution is -2.12. The number of nitrogens with zero attached hydrogens (tertiary/aromatic N) is 2. The van der Waals surface area contributed by atoms with Crippen LogP contribution in [0.25, 0.3) is 0 Å². The molecule has 1 aliphatic rings. The quantitative estimate of drug-likeness (QED) is 0.641. The zero-order chi connectivity index (χ0) is 12.8. The maximum Gasteiger partial charge on any atom is 0.274 e. The van der Waals surface area contributed by atoms with Gasteiger partial charge in [-0.2, -0.15) is 0 Å². The van der Waals surface area contributed by atoms with Gasteiger partial charge in [0.05, 0.1) is 11.0 Å². The van der Waals surface area contributed by atoms with Gasteiger partial charge < -0.3 is 5.32 Å². The summed E-state index contributed by atoms with van der Waals surface area (Å²) in [6.45, 7) is 0.846. The van der Waals surface area contributed by atoms with Gasteiger partial charge in [0.2, 0.25) is 0 Å². The van der Waals surface area contributed by atoms with Gasteiger partial charge in [-0.1, -0.05) is 32.1 Å². The Morgan fingerprint density at radius 2 is 2.17 bits per heavy atom. The monoisotopic (exact) mass is 249 g/mol. The van der Waals surface area contributed by atoms with Crippen LogP contribution in [0.2, 0.25) is 0 Å². The van der Waals surface area contributed by atoms with Crippen molar-refractivity contribution < 1.29 is 4.92 Å². The predicted molar refractivity (Wildman–Crippen MR) is 70.6 cm³/mol. The third kappa shape index (κ3) is 3.68. The molecule has 5 nitrogen and oxygen atoms in total. The van der Waals surface area contributed by atoms with Gasteiger partial charge >= 0.3 is 0 Å². The third-order valence-corrected chi connectivity index (χ3v) is 3.54. The fraction of sp³-hybridized carbons (Fsp3) is 0.615. The number of nitrogens with one attached hydrogen (secondary N) is 1. The van der Waals surface area contributed by atoms with Gasteiger partial charge in [-0.25, -0.2) is 4.98 Å². The van der Waals surface area contributed by atoms with E-state index in [1.165, 1.54) is 50.4 Å². The van der Waals surface area contributed by atoms with Crippen LogP contribution in [-0.4, -0.2) is 16.5 Å². The Hall–Kier alpha value is -1.65. The number of hydrogen-bond acceptors (Lipinski definition) is 4. The Kier molecular flexibility index (Phi) is 4.50. The van der Waals surface area contributed by atoms with Crippen molar-refractivity contribution >= 4 is 11.5 Å². The number of aromatic nitrogens is 1. The second-order valence-electron chi connectivity index (χ2n) is 4.88. The molecule has 2 rings (SSSR count). The molecule has 0 saturated heterocycles. The summed E-state index contributed by atoms with van der Waals surface area (Å²) in [6.07, 6.45) is 9.31. The van der Waals surface area contributed by atoms with Crippen LogP contribution in [-0.2, 0) is 0 Å². The molecule has 0 spiro atoms. The average molecular weight is 249 g/mol. The minimum Gasteiger partial charge on any atom is -0.370 e. The third-order valence-electron chi connectivity index (χ3n) is 3.54. The van der Waals surface area contributed by atoms with Gasteiger partial charge in [0.25, 0.3) is 5.69 Å². The molecule has 98 valence electrons. The fourth-order valence-corrected chi connectivity index (χ4v) is 2.51. The van der Waals surface area contributed by atoms with Crippen molar-refractivity contribution in [2.45, 2.75) is 38.5 Å². The highest BCUT2D eigenvalue weighted by atomic mass is 16.6. The van der Waals surface area contributed by atoms with E-state index < -0.39 is 4.92 Å². The summed E-state index contributed by atoms with van der Waals surface area (Å²) < 4.78 is 0. The molecule has 0 bridgehead atoms. The highest BCUT2D eigenvalue weighted by Gasteiger charge is 2.13. The van der Waals surface area contributed by atoms with Gasteiger partial charge in [0, 0.05) is 18.8 Å². The lowest BCUT2D eigenvalue weighted by Gasteiger charge is -2.21. The summed E-state index contributed by atoms with van der Waals surface area (Å²) in [4.78, 5) is 14.3. The minimum absolute atomic E-state index is 0.0881. The molecule has 1 saturated carbocycles. The molecule has 1 aliphatic carbocycles. The number of pyridine rings is 1. The van der Waals surface area contributed by atoms with Crippen molar-refractivity contribution in [3.8, 4) is 0 Å². The molecule has 1 fully saturated rings. The van der Waals surface area contributed by atoms with Crippen LogP contribution < -0.4 is 5.32 Å². The number of nitro groups is 1. The lowest BCUT2D eigenvalue weighted by atomic mass is 9.87. The van der Waals surface area contributed by atoms with E-state index in [1.807, 2.05) is 0 Å². The molecule has 18 heavy (non-hydrogen) atoms. The molecule has 5 heteroatoms. The van der Waals surface area contributed by atoms with E-state index in [2.05, 4.69) is 10.3 Å². The largest absolute Gasteiger partial charge is 0.370 e. The zero-order valence-electron chi connectivity index (χ0n) is 10.5. The highest BCUT2D eigenvalue weighted by molar-refractivity contribution is 5.44. The first kappa shape index (κ1) is 12.8. The zero-order valence-corrected chi connectivity index (χ0v) is 10.5. The van der Waals surface area contributed by atoms with Crippen LogP contribution >= 0.6 is 0 Å². The fourth-order valence-electron chi connectivity index (χ4n) is 2.51. The van der Waals surface area contributed by atoms with Gasteiger partial charge in [-0.3, -0.25) is 10.1 Å². The van der Waals surface area contributed by atoms with Crippen LogP contribution in [0.5, 0.6) is 0 Å². The van der Waals surface area contributed by atoms with Gasteiger partial charge in [0.1, 0.15) is 5.82 Å². The molecule has 0 radical (unpaired) electrons. The Morgan fingerprint density at radius 3 is 2.89 bits per heavy atom. The number of anilines is 1. The van der Waals surface area contributed by atoms with Crippen molar-refractivity contribution in [1.29, 1.82) is 0 Å². The Bertz CT molecular complexity index is 403. The maximum absolute atomic E-state index is 10.6. The maximum atomic E-state index is 10.6. The Balaban J connectivity index is 1.78. The molecule has 0 atom stereocenters. The van der Waals surface area contributed by atoms with E-state index in [0.717, 1.165) is 18.9 Å². The molecular weight excluding hydrogens is 230 g/mol. The highest BCUT2D eigenvalue weighted by Crippen LogP contribution is 2.26. The second kappa shape index (κ2) is 6.33. The van der Waals surface area contributed by atoms with Crippen molar-refractivity contribution in [2.75, 3.05) is 11.9 Å². The first-order valence-electron chi connectivity index (χ1n) is 6.60. The molecule has 1 aromatic rings. The van der Waals surface area contributed by atoms with E-state index >= 15 is 0 Å².